The summed E-state index contributed by atoms with van der Waals surface area (Å²) in [6.07, 6.45) is 4.61. The van der Waals surface area contributed by atoms with Gasteiger partial charge in [0.1, 0.15) is 0 Å². The molecule has 22 heavy (non-hydrogen) atoms. The largest absolute Gasteiger partial charge is 0.387 e. The van der Waals surface area contributed by atoms with Crippen LogP contribution in [-0.4, -0.2) is 14.7 Å². The highest BCUT2D eigenvalue weighted by atomic mass is 16.3. The Morgan fingerprint density at radius 2 is 1.55 bits per heavy atom. The van der Waals surface area contributed by atoms with Crippen LogP contribution in [0.2, 0.25) is 0 Å². The number of aromatic nitrogens is 2. The van der Waals surface area contributed by atoms with E-state index in [1.807, 2.05) is 41.0 Å². The zero-order chi connectivity index (χ0) is 15.2. The van der Waals surface area contributed by atoms with Crippen molar-refractivity contribution in [2.24, 2.45) is 0 Å². The van der Waals surface area contributed by atoms with Crippen LogP contribution < -0.4 is 0 Å². The normalized spacial score (nSPS) is 12.2. The third-order valence-electron chi connectivity index (χ3n) is 3.83. The van der Waals surface area contributed by atoms with Crippen LogP contribution in [0.3, 0.4) is 0 Å². The Morgan fingerprint density at radius 3 is 2.23 bits per heavy atom. The third-order valence-corrected chi connectivity index (χ3v) is 3.83. The van der Waals surface area contributed by atoms with Crippen LogP contribution in [0.5, 0.6) is 0 Å². The van der Waals surface area contributed by atoms with Crippen molar-refractivity contribution in [3.05, 3.63) is 90.0 Å². The summed E-state index contributed by atoms with van der Waals surface area (Å²) >= 11 is 0. The zero-order valence-electron chi connectivity index (χ0n) is 12.5. The van der Waals surface area contributed by atoms with Crippen LogP contribution in [0, 0.1) is 0 Å². The number of rotatable bonds is 6. The Kier molecular flexibility index (Phi) is 4.66. The minimum Gasteiger partial charge on any atom is -0.387 e. The number of hydrogen-bond donors (Lipinski definition) is 1. The van der Waals surface area contributed by atoms with E-state index < -0.39 is 6.10 Å². The second-order valence-electron chi connectivity index (χ2n) is 5.47. The van der Waals surface area contributed by atoms with E-state index in [-0.39, 0.29) is 0 Å². The lowest BCUT2D eigenvalue weighted by molar-refractivity contribution is 0.159. The van der Waals surface area contributed by atoms with Crippen molar-refractivity contribution in [1.29, 1.82) is 0 Å². The second-order valence-corrected chi connectivity index (χ2v) is 5.47. The van der Waals surface area contributed by atoms with Crippen molar-refractivity contribution >= 4 is 0 Å². The molecule has 0 fully saturated rings. The molecule has 3 aromatic rings. The Bertz CT molecular complexity index is 692. The van der Waals surface area contributed by atoms with Crippen molar-refractivity contribution < 1.29 is 5.11 Å². The molecule has 1 N–H and O–H groups in total. The first-order valence-electron chi connectivity index (χ1n) is 7.59. The molecule has 1 atom stereocenters. The Labute approximate surface area is 130 Å². The first-order chi connectivity index (χ1) is 10.8. The van der Waals surface area contributed by atoms with Gasteiger partial charge >= 0.3 is 0 Å². The minimum atomic E-state index is -0.494. The van der Waals surface area contributed by atoms with Crippen LogP contribution >= 0.6 is 0 Å². The van der Waals surface area contributed by atoms with Crippen LogP contribution in [0.4, 0.5) is 0 Å². The summed E-state index contributed by atoms with van der Waals surface area (Å²) < 4.78 is 2.02. The zero-order valence-corrected chi connectivity index (χ0v) is 12.5. The molecule has 1 unspecified atom stereocenters. The fourth-order valence-corrected chi connectivity index (χ4v) is 2.62. The number of aliphatic hydroxyl groups excluding tert-OH is 1. The van der Waals surface area contributed by atoms with E-state index in [2.05, 4.69) is 29.2 Å². The molecule has 3 nitrogen and oxygen atoms in total. The van der Waals surface area contributed by atoms with E-state index in [0.717, 1.165) is 18.7 Å². The van der Waals surface area contributed by atoms with Gasteiger partial charge in [-0.3, -0.25) is 0 Å². The predicted molar refractivity (Wildman–Crippen MR) is 87.5 cm³/mol. The van der Waals surface area contributed by atoms with Crippen molar-refractivity contribution in [2.75, 3.05) is 0 Å². The maximum Gasteiger partial charge on any atom is 0.0959 e. The average Bonchev–Trinajstić information content (AvgIpc) is 3.03. The average molecular weight is 292 g/mol. The summed E-state index contributed by atoms with van der Waals surface area (Å²) in [5.74, 6) is 0. The van der Waals surface area contributed by atoms with Gasteiger partial charge in [0, 0.05) is 6.54 Å². The van der Waals surface area contributed by atoms with E-state index >= 15 is 0 Å². The number of benzene rings is 2. The summed E-state index contributed by atoms with van der Waals surface area (Å²) in [4.78, 5) is 4.20. The van der Waals surface area contributed by atoms with Gasteiger partial charge in [-0.15, -0.1) is 0 Å². The maximum absolute atomic E-state index is 10.5. The predicted octanol–water partition coefficient (Wildman–Crippen LogP) is 3.60. The summed E-state index contributed by atoms with van der Waals surface area (Å²) in [5, 5.41) is 10.5. The molecule has 1 heterocycles. The van der Waals surface area contributed by atoms with Gasteiger partial charge in [-0.05, 0) is 24.0 Å². The molecular weight excluding hydrogens is 272 g/mol. The van der Waals surface area contributed by atoms with Crippen molar-refractivity contribution in [3.8, 4) is 0 Å². The minimum absolute atomic E-state index is 0.494. The fraction of sp³-hybridized carbons (Fsp3) is 0.211. The Hall–Kier alpha value is -2.39. The van der Waals surface area contributed by atoms with Gasteiger partial charge in [0.2, 0.25) is 0 Å². The molecule has 0 saturated carbocycles. The smallest absolute Gasteiger partial charge is 0.0959 e. The van der Waals surface area contributed by atoms with Crippen molar-refractivity contribution in [2.45, 2.75) is 25.5 Å². The summed E-state index contributed by atoms with van der Waals surface area (Å²) in [6.45, 7) is 0.735. The lowest BCUT2D eigenvalue weighted by Gasteiger charge is -2.14. The Morgan fingerprint density at radius 1 is 0.909 bits per heavy atom. The van der Waals surface area contributed by atoms with Gasteiger partial charge in [0.15, 0.2) is 0 Å². The molecule has 0 aliphatic rings. The quantitative estimate of drug-likeness (QED) is 0.754. The fourth-order valence-electron chi connectivity index (χ4n) is 2.62. The van der Waals surface area contributed by atoms with Crippen LogP contribution in [0.15, 0.2) is 73.2 Å². The van der Waals surface area contributed by atoms with Crippen LogP contribution in [0.25, 0.3) is 0 Å². The number of aliphatic hydroxyl groups is 1. The lowest BCUT2D eigenvalue weighted by Crippen LogP contribution is -2.09. The highest BCUT2D eigenvalue weighted by Crippen LogP contribution is 2.19. The summed E-state index contributed by atoms with van der Waals surface area (Å²) in [5.41, 5.74) is 3.33. The lowest BCUT2D eigenvalue weighted by atomic mass is 10.1. The molecule has 2 aromatic carbocycles. The Balaban J connectivity index is 1.66. The molecule has 0 bridgehead atoms. The van der Waals surface area contributed by atoms with E-state index in [4.69, 9.17) is 0 Å². The first-order valence-corrected chi connectivity index (χ1v) is 7.59. The highest BCUT2D eigenvalue weighted by molar-refractivity contribution is 5.18. The number of nitrogens with zero attached hydrogens (tertiary/aromatic N) is 2. The maximum atomic E-state index is 10.5. The molecule has 1 aromatic heterocycles. The topological polar surface area (TPSA) is 38.1 Å². The summed E-state index contributed by atoms with van der Waals surface area (Å²) in [7, 11) is 0. The first kappa shape index (κ1) is 14.5. The van der Waals surface area contributed by atoms with Crippen molar-refractivity contribution in [3.63, 3.8) is 0 Å². The van der Waals surface area contributed by atoms with Gasteiger partial charge in [-0.25, -0.2) is 4.98 Å². The standard InChI is InChI=1S/C19H20N2O/c22-19(12-11-16-7-3-1-4-8-16)18-13-20-15-21(18)14-17-9-5-2-6-10-17/h1-10,13,15,19,22H,11-12,14H2. The number of aryl methyl sites for hydroxylation is 1. The van der Waals surface area contributed by atoms with Crippen LogP contribution in [-0.2, 0) is 13.0 Å². The van der Waals surface area contributed by atoms with Gasteiger partial charge < -0.3 is 9.67 Å². The molecule has 0 saturated heterocycles. The summed E-state index contributed by atoms with van der Waals surface area (Å²) in [6, 6.07) is 20.5. The molecule has 3 rings (SSSR count). The van der Waals surface area contributed by atoms with Gasteiger partial charge in [0.25, 0.3) is 0 Å². The molecule has 3 heteroatoms. The van der Waals surface area contributed by atoms with Crippen molar-refractivity contribution in [1.82, 2.24) is 9.55 Å². The molecule has 0 amide bonds. The molecular formula is C19H20N2O. The van der Waals surface area contributed by atoms with Gasteiger partial charge in [0.05, 0.1) is 24.3 Å². The monoisotopic (exact) mass is 292 g/mol. The molecule has 112 valence electrons. The second kappa shape index (κ2) is 7.05. The SMILES string of the molecule is OC(CCc1ccccc1)c1cncn1Cc1ccccc1. The highest BCUT2D eigenvalue weighted by Gasteiger charge is 2.13. The molecule has 0 aliphatic carbocycles. The van der Waals surface area contributed by atoms with E-state index in [1.54, 1.807) is 12.5 Å². The van der Waals surface area contributed by atoms with E-state index in [9.17, 15) is 5.11 Å². The third kappa shape index (κ3) is 3.62. The molecule has 0 spiro atoms. The van der Waals surface area contributed by atoms with Gasteiger partial charge in [-0.2, -0.15) is 0 Å². The van der Waals surface area contributed by atoms with Gasteiger partial charge in [-0.1, -0.05) is 60.7 Å². The number of hydrogen-bond acceptors (Lipinski definition) is 2. The van der Waals surface area contributed by atoms with E-state index in [0.29, 0.717) is 6.42 Å². The molecule has 0 radical (unpaired) electrons. The number of imidazole rings is 1. The molecule has 0 aliphatic heterocycles. The van der Waals surface area contributed by atoms with Crippen LogP contribution in [0.1, 0.15) is 29.3 Å². The van der Waals surface area contributed by atoms with E-state index in [1.165, 1.54) is 11.1 Å².